The van der Waals surface area contributed by atoms with Crippen molar-refractivity contribution in [3.8, 4) is 0 Å². The third-order valence-corrected chi connectivity index (χ3v) is 4.19. The maximum Gasteiger partial charge on any atom is 0.0427 e. The minimum Gasteiger partial charge on any atom is -0.323 e. The molecule has 1 fully saturated rings. The Bertz CT molecular complexity index is 136. The molecule has 3 heteroatoms. The Balaban J connectivity index is 2.76. The smallest absolute Gasteiger partial charge is 0.0427 e. The number of nitrogens with two attached hydrogens (primary N) is 1. The molecule has 0 radical (unpaired) electrons. The van der Waals surface area contributed by atoms with Crippen molar-refractivity contribution in [2.75, 3.05) is 18.6 Å². The Morgan fingerprint density at radius 3 is 2.20 bits per heavy atom. The molecule has 0 aromatic rings. The summed E-state index contributed by atoms with van der Waals surface area (Å²) in [6.07, 6.45) is 0. The first kappa shape index (κ1) is 8.37. The van der Waals surface area contributed by atoms with Crippen LogP contribution in [0.15, 0.2) is 0 Å². The molecule has 10 heavy (non-hydrogen) atoms. The first-order chi connectivity index (χ1) is 4.52. The summed E-state index contributed by atoms with van der Waals surface area (Å²) >= 11 is 1.93. The molecule has 0 unspecified atom stereocenters. The van der Waals surface area contributed by atoms with Gasteiger partial charge in [0.15, 0.2) is 0 Å². The number of hydrogen-bond donors (Lipinski definition) is 2. The molecular weight excluding hydrogens is 144 g/mol. The van der Waals surface area contributed by atoms with Crippen molar-refractivity contribution < 1.29 is 0 Å². The van der Waals surface area contributed by atoms with Crippen LogP contribution in [0.1, 0.15) is 13.8 Å². The fraction of sp³-hybridized carbons (Fsp3) is 1.00. The third kappa shape index (κ3) is 1.06. The van der Waals surface area contributed by atoms with Crippen molar-refractivity contribution in [3.05, 3.63) is 0 Å². The molecule has 2 atom stereocenters. The molecule has 1 heterocycles. The van der Waals surface area contributed by atoms with Crippen molar-refractivity contribution in [3.63, 3.8) is 0 Å². The molecule has 1 aliphatic heterocycles. The summed E-state index contributed by atoms with van der Waals surface area (Å²) in [5.41, 5.74) is 6.16. The van der Waals surface area contributed by atoms with E-state index in [2.05, 4.69) is 19.2 Å². The number of thioether (sulfide) groups is 1. The summed E-state index contributed by atoms with van der Waals surface area (Å²) in [4.78, 5) is 0. The zero-order valence-electron chi connectivity index (χ0n) is 6.90. The van der Waals surface area contributed by atoms with E-state index in [0.29, 0.717) is 0 Å². The SMILES string of the molecule is CN[C@@]1(C)CSC[C@@]1(C)N. The topological polar surface area (TPSA) is 38.0 Å². The summed E-state index contributed by atoms with van der Waals surface area (Å²) in [7, 11) is 1.98. The lowest BCUT2D eigenvalue weighted by atomic mass is 9.84. The highest BCUT2D eigenvalue weighted by molar-refractivity contribution is 7.99. The van der Waals surface area contributed by atoms with Gasteiger partial charge in [-0.2, -0.15) is 11.8 Å². The summed E-state index contributed by atoms with van der Waals surface area (Å²) in [5, 5.41) is 3.28. The second kappa shape index (κ2) is 2.40. The molecule has 60 valence electrons. The van der Waals surface area contributed by atoms with Crippen LogP contribution in [0.2, 0.25) is 0 Å². The summed E-state index contributed by atoms with van der Waals surface area (Å²) in [6.45, 7) is 4.30. The Morgan fingerprint density at radius 1 is 1.40 bits per heavy atom. The monoisotopic (exact) mass is 160 g/mol. The Kier molecular flexibility index (Phi) is 2.00. The van der Waals surface area contributed by atoms with E-state index < -0.39 is 0 Å². The van der Waals surface area contributed by atoms with Gasteiger partial charge in [-0.15, -0.1) is 0 Å². The zero-order valence-corrected chi connectivity index (χ0v) is 7.72. The second-order valence-corrected chi connectivity index (χ2v) is 4.48. The number of rotatable bonds is 1. The molecule has 2 nitrogen and oxygen atoms in total. The van der Waals surface area contributed by atoms with Crippen molar-refractivity contribution in [2.24, 2.45) is 5.73 Å². The lowest BCUT2D eigenvalue weighted by Crippen LogP contribution is -2.62. The van der Waals surface area contributed by atoms with E-state index >= 15 is 0 Å². The first-order valence-corrected chi connectivity index (χ1v) is 4.73. The molecule has 3 N–H and O–H groups in total. The highest BCUT2D eigenvalue weighted by atomic mass is 32.2. The van der Waals surface area contributed by atoms with Crippen molar-refractivity contribution >= 4 is 11.8 Å². The Hall–Kier alpha value is 0.270. The van der Waals surface area contributed by atoms with E-state index in [-0.39, 0.29) is 11.1 Å². The van der Waals surface area contributed by atoms with Crippen molar-refractivity contribution in [2.45, 2.75) is 24.9 Å². The quantitative estimate of drug-likeness (QED) is 0.584. The van der Waals surface area contributed by atoms with Gasteiger partial charge >= 0.3 is 0 Å². The summed E-state index contributed by atoms with van der Waals surface area (Å²) < 4.78 is 0. The van der Waals surface area contributed by atoms with E-state index in [4.69, 9.17) is 5.73 Å². The fourth-order valence-electron chi connectivity index (χ4n) is 1.15. The van der Waals surface area contributed by atoms with Gasteiger partial charge in [-0.05, 0) is 20.9 Å². The van der Waals surface area contributed by atoms with E-state index in [1.165, 1.54) is 0 Å². The molecule has 0 bridgehead atoms. The van der Waals surface area contributed by atoms with Crippen LogP contribution in [-0.2, 0) is 0 Å². The predicted molar refractivity (Wildman–Crippen MR) is 47.4 cm³/mol. The largest absolute Gasteiger partial charge is 0.323 e. The van der Waals surface area contributed by atoms with Gasteiger partial charge in [-0.1, -0.05) is 0 Å². The maximum atomic E-state index is 6.08. The lowest BCUT2D eigenvalue weighted by Gasteiger charge is -2.36. The normalized spacial score (nSPS) is 48.0. The molecular formula is C7H16N2S. The summed E-state index contributed by atoms with van der Waals surface area (Å²) in [6, 6.07) is 0. The predicted octanol–water partition coefficient (Wildman–Crippen LogP) is 0.429. The number of hydrogen-bond acceptors (Lipinski definition) is 3. The standard InChI is InChI=1S/C7H16N2S/c1-6(8)4-10-5-7(6,2)9-3/h9H,4-5,8H2,1-3H3/t6-,7+/m1/s1. The van der Waals surface area contributed by atoms with Crippen LogP contribution in [0.4, 0.5) is 0 Å². The first-order valence-electron chi connectivity index (χ1n) is 3.57. The van der Waals surface area contributed by atoms with Gasteiger partial charge in [0.1, 0.15) is 0 Å². The van der Waals surface area contributed by atoms with Crippen LogP contribution in [0.3, 0.4) is 0 Å². The Labute approximate surface area is 66.9 Å². The molecule has 1 aliphatic rings. The molecule has 0 aromatic carbocycles. The number of likely N-dealkylation sites (N-methyl/N-ethyl adjacent to an activating group) is 1. The van der Waals surface area contributed by atoms with Gasteiger partial charge in [0.05, 0.1) is 0 Å². The average Bonchev–Trinajstić information content (AvgIpc) is 2.10. The van der Waals surface area contributed by atoms with Gasteiger partial charge in [0.25, 0.3) is 0 Å². The van der Waals surface area contributed by atoms with Gasteiger partial charge in [0.2, 0.25) is 0 Å². The highest BCUT2D eigenvalue weighted by Crippen LogP contribution is 2.34. The molecule has 0 aliphatic carbocycles. The van der Waals surface area contributed by atoms with Crippen LogP contribution in [0.5, 0.6) is 0 Å². The number of nitrogens with one attached hydrogen (secondary N) is 1. The van der Waals surface area contributed by atoms with Crippen LogP contribution < -0.4 is 11.1 Å². The molecule has 0 saturated carbocycles. The third-order valence-electron chi connectivity index (χ3n) is 2.60. The second-order valence-electron chi connectivity index (χ2n) is 3.49. The minimum absolute atomic E-state index is 0.0492. The van der Waals surface area contributed by atoms with E-state index in [9.17, 15) is 0 Å². The highest BCUT2D eigenvalue weighted by Gasteiger charge is 2.45. The minimum atomic E-state index is -0.0492. The Morgan fingerprint density at radius 2 is 2.00 bits per heavy atom. The molecule has 0 spiro atoms. The van der Waals surface area contributed by atoms with E-state index in [1.54, 1.807) is 0 Å². The van der Waals surface area contributed by atoms with Crippen LogP contribution in [0.25, 0.3) is 0 Å². The molecule has 0 aromatic heterocycles. The maximum absolute atomic E-state index is 6.08. The molecule has 1 saturated heterocycles. The van der Waals surface area contributed by atoms with Crippen molar-refractivity contribution in [1.29, 1.82) is 0 Å². The van der Waals surface area contributed by atoms with E-state index in [1.807, 2.05) is 18.8 Å². The van der Waals surface area contributed by atoms with Crippen LogP contribution in [0, 0.1) is 0 Å². The van der Waals surface area contributed by atoms with Gasteiger partial charge in [0, 0.05) is 22.6 Å². The van der Waals surface area contributed by atoms with Gasteiger partial charge < -0.3 is 11.1 Å². The van der Waals surface area contributed by atoms with Crippen molar-refractivity contribution in [1.82, 2.24) is 5.32 Å². The fourth-order valence-corrected chi connectivity index (χ4v) is 2.88. The van der Waals surface area contributed by atoms with Gasteiger partial charge in [-0.3, -0.25) is 0 Å². The molecule has 0 amide bonds. The van der Waals surface area contributed by atoms with Gasteiger partial charge in [-0.25, -0.2) is 0 Å². The van der Waals surface area contributed by atoms with E-state index in [0.717, 1.165) is 11.5 Å². The zero-order chi connectivity index (χ0) is 7.83. The van der Waals surface area contributed by atoms with Crippen LogP contribution in [-0.4, -0.2) is 29.6 Å². The summed E-state index contributed by atoms with van der Waals surface area (Å²) in [5.74, 6) is 2.18. The average molecular weight is 160 g/mol. The molecule has 1 rings (SSSR count). The van der Waals surface area contributed by atoms with Crippen LogP contribution >= 0.6 is 11.8 Å². The lowest BCUT2D eigenvalue weighted by molar-refractivity contribution is 0.284.